The Morgan fingerprint density at radius 1 is 1.27 bits per heavy atom. The lowest BCUT2D eigenvalue weighted by atomic mass is 10.00. The Morgan fingerprint density at radius 2 is 1.96 bits per heavy atom. The third-order valence-corrected chi connectivity index (χ3v) is 6.99. The van der Waals surface area contributed by atoms with E-state index in [2.05, 4.69) is 17.7 Å². The van der Waals surface area contributed by atoms with Gasteiger partial charge in [0.25, 0.3) is 0 Å². The third kappa shape index (κ3) is 4.62. The van der Waals surface area contributed by atoms with Crippen molar-refractivity contribution in [3.05, 3.63) is 56.2 Å². The maximum atomic E-state index is 12.8. The van der Waals surface area contributed by atoms with E-state index < -0.39 is 11.4 Å². The second-order valence-corrected chi connectivity index (χ2v) is 10.9. The van der Waals surface area contributed by atoms with E-state index in [1.165, 1.54) is 0 Å². The van der Waals surface area contributed by atoms with Gasteiger partial charge in [0.15, 0.2) is 6.29 Å². The minimum atomic E-state index is -1.23. The van der Waals surface area contributed by atoms with Crippen molar-refractivity contribution >= 4 is 34.3 Å². The van der Waals surface area contributed by atoms with Crippen LogP contribution >= 0.6 is 22.9 Å². The maximum Gasteiger partial charge on any atom is 0.193 e. The number of hydrogen-bond acceptors (Lipinski definition) is 5. The molecule has 1 N–H and O–H groups in total. The molecule has 2 unspecified atom stereocenters. The number of benzene rings is 1. The van der Waals surface area contributed by atoms with Crippen LogP contribution < -0.4 is 4.72 Å². The van der Waals surface area contributed by atoms with Crippen LogP contribution in [0.1, 0.15) is 54.0 Å². The summed E-state index contributed by atoms with van der Waals surface area (Å²) in [5.74, 6) is 0. The number of nitrogens with one attached hydrogen (secondary N) is 1. The van der Waals surface area contributed by atoms with Gasteiger partial charge in [-0.15, -0.1) is 16.1 Å². The second-order valence-electron chi connectivity index (χ2n) is 7.22. The van der Waals surface area contributed by atoms with Crippen LogP contribution in [0.5, 0.6) is 0 Å². The van der Waals surface area contributed by atoms with E-state index in [-0.39, 0.29) is 17.1 Å². The molecule has 7 heteroatoms. The predicted octanol–water partition coefficient (Wildman–Crippen LogP) is 4.90. The van der Waals surface area contributed by atoms with Gasteiger partial charge in [-0.05, 0) is 57.0 Å². The molecule has 2 heterocycles. The fourth-order valence-electron chi connectivity index (χ4n) is 2.73. The summed E-state index contributed by atoms with van der Waals surface area (Å²) in [6, 6.07) is 9.54. The van der Waals surface area contributed by atoms with Crippen molar-refractivity contribution < 1.29 is 14.0 Å². The van der Waals surface area contributed by atoms with Gasteiger partial charge in [-0.3, -0.25) is 0 Å². The minimum absolute atomic E-state index is 0.222. The van der Waals surface area contributed by atoms with Crippen LogP contribution in [0.25, 0.3) is 0 Å². The van der Waals surface area contributed by atoms with Gasteiger partial charge in [0, 0.05) is 21.3 Å². The zero-order valence-electron chi connectivity index (χ0n) is 15.4. The normalized spacial score (nSPS) is 18.2. The molecule has 0 saturated carbocycles. The molecule has 1 aromatic carbocycles. The quantitative estimate of drug-likeness (QED) is 0.708. The lowest BCUT2D eigenvalue weighted by molar-refractivity contribution is -0.0413. The van der Waals surface area contributed by atoms with Crippen LogP contribution in [0, 0.1) is 6.92 Å². The van der Waals surface area contributed by atoms with Crippen LogP contribution in [-0.4, -0.2) is 22.5 Å². The second kappa shape index (κ2) is 8.19. The largest absolute Gasteiger partial charge is 0.598 e. The van der Waals surface area contributed by atoms with E-state index in [9.17, 15) is 4.55 Å². The molecule has 1 saturated heterocycles. The molecule has 2 aromatic rings. The van der Waals surface area contributed by atoms with Crippen molar-refractivity contribution in [3.8, 4) is 0 Å². The van der Waals surface area contributed by atoms with E-state index >= 15 is 0 Å². The summed E-state index contributed by atoms with van der Waals surface area (Å²) < 4.78 is 27.0. The highest BCUT2D eigenvalue weighted by atomic mass is 35.5. The number of rotatable bonds is 5. The first-order valence-electron chi connectivity index (χ1n) is 8.52. The number of thiophene rings is 1. The van der Waals surface area contributed by atoms with Crippen molar-refractivity contribution in [2.45, 2.75) is 44.8 Å². The lowest BCUT2D eigenvalue weighted by Crippen LogP contribution is -2.41. The van der Waals surface area contributed by atoms with E-state index in [1.807, 2.05) is 45.0 Å². The molecule has 0 aliphatic carbocycles. The third-order valence-electron chi connectivity index (χ3n) is 4.10. The molecule has 0 spiro atoms. The first-order valence-corrected chi connectivity index (χ1v) is 10.9. The Kier molecular flexibility index (Phi) is 6.34. The van der Waals surface area contributed by atoms with Gasteiger partial charge in [-0.1, -0.05) is 23.7 Å². The average molecular weight is 414 g/mol. The molecule has 26 heavy (non-hydrogen) atoms. The molecule has 1 aromatic heterocycles. The van der Waals surface area contributed by atoms with Gasteiger partial charge in [-0.2, -0.15) is 0 Å². The molecule has 0 bridgehead atoms. The molecule has 0 amide bonds. The molecule has 1 fully saturated rings. The summed E-state index contributed by atoms with van der Waals surface area (Å²) in [5, 5.41) is 0.659. The zero-order valence-corrected chi connectivity index (χ0v) is 17.8. The van der Waals surface area contributed by atoms with Gasteiger partial charge >= 0.3 is 0 Å². The summed E-state index contributed by atoms with van der Waals surface area (Å²) in [6.45, 7) is 9.16. The Morgan fingerprint density at radius 3 is 2.58 bits per heavy atom. The Labute approximate surface area is 167 Å². The summed E-state index contributed by atoms with van der Waals surface area (Å²) in [5.41, 5.74) is 2.06. The monoisotopic (exact) mass is 413 g/mol. The molecule has 1 aliphatic heterocycles. The van der Waals surface area contributed by atoms with E-state index in [1.54, 1.807) is 11.3 Å². The van der Waals surface area contributed by atoms with Gasteiger partial charge in [0.2, 0.25) is 0 Å². The summed E-state index contributed by atoms with van der Waals surface area (Å²) in [6.07, 6.45) is -0.305. The topological polar surface area (TPSA) is 53.5 Å². The standard InChI is InChI=1S/C19H24ClNO3S2/c1-12-15(11-16(25-12)18-23-8-9-24-18)17(21-26(22)19(2,3)4)13-6-5-7-14(20)10-13/h5-7,10-11,17-18,21H,8-9H2,1-4H3. The highest BCUT2D eigenvalue weighted by molar-refractivity contribution is 7.90. The summed E-state index contributed by atoms with van der Waals surface area (Å²) in [4.78, 5) is 2.17. The smallest absolute Gasteiger partial charge is 0.193 e. The van der Waals surface area contributed by atoms with E-state index in [4.69, 9.17) is 21.1 Å². The lowest BCUT2D eigenvalue weighted by Gasteiger charge is -2.28. The van der Waals surface area contributed by atoms with Crippen LogP contribution in [0.4, 0.5) is 0 Å². The molecule has 2 atom stereocenters. The number of ether oxygens (including phenoxy) is 2. The molecule has 4 nitrogen and oxygen atoms in total. The molecule has 0 radical (unpaired) electrons. The van der Waals surface area contributed by atoms with E-state index in [0.717, 1.165) is 20.9 Å². The highest BCUT2D eigenvalue weighted by Crippen LogP contribution is 2.37. The molecule has 1 aliphatic rings. The fraction of sp³-hybridized carbons (Fsp3) is 0.474. The van der Waals surface area contributed by atoms with Crippen molar-refractivity contribution in [3.63, 3.8) is 0 Å². The maximum absolute atomic E-state index is 12.8. The minimum Gasteiger partial charge on any atom is -0.598 e. The first kappa shape index (κ1) is 20.1. The molecule has 3 rings (SSSR count). The van der Waals surface area contributed by atoms with Crippen LogP contribution in [-0.2, 0) is 20.8 Å². The Bertz CT molecular complexity index is 753. The number of hydrogen-bond donors (Lipinski definition) is 1. The van der Waals surface area contributed by atoms with Crippen LogP contribution in [0.3, 0.4) is 0 Å². The molecular formula is C19H24ClNO3S2. The average Bonchev–Trinajstić information content (AvgIpc) is 3.21. The number of halogens is 1. The van der Waals surface area contributed by atoms with Crippen molar-refractivity contribution in [1.82, 2.24) is 4.72 Å². The van der Waals surface area contributed by atoms with Gasteiger partial charge < -0.3 is 14.0 Å². The predicted molar refractivity (Wildman–Crippen MR) is 108 cm³/mol. The molecule has 142 valence electrons. The van der Waals surface area contributed by atoms with Crippen molar-refractivity contribution in [2.75, 3.05) is 13.2 Å². The van der Waals surface area contributed by atoms with Crippen molar-refractivity contribution in [1.29, 1.82) is 0 Å². The van der Waals surface area contributed by atoms with Gasteiger partial charge in [0.1, 0.15) is 10.8 Å². The van der Waals surface area contributed by atoms with Crippen LogP contribution in [0.2, 0.25) is 5.02 Å². The SMILES string of the molecule is Cc1sc(C2OCCO2)cc1C(N[S+]([O-])C(C)(C)C)c1cccc(Cl)c1. The Hall–Kier alpha value is -0.600. The highest BCUT2D eigenvalue weighted by Gasteiger charge is 2.32. The van der Waals surface area contributed by atoms with Gasteiger partial charge in [0.05, 0.1) is 18.1 Å². The molecular weight excluding hydrogens is 390 g/mol. The fourth-order valence-corrected chi connectivity index (χ4v) is 4.82. The Balaban J connectivity index is 1.97. The summed E-state index contributed by atoms with van der Waals surface area (Å²) in [7, 11) is 0. The zero-order chi connectivity index (χ0) is 18.9. The van der Waals surface area contributed by atoms with Crippen LogP contribution in [0.15, 0.2) is 30.3 Å². The first-order chi connectivity index (χ1) is 12.3. The summed E-state index contributed by atoms with van der Waals surface area (Å²) >= 11 is 6.63. The number of aryl methyl sites for hydroxylation is 1. The van der Waals surface area contributed by atoms with Crippen molar-refractivity contribution in [2.24, 2.45) is 0 Å². The van der Waals surface area contributed by atoms with E-state index in [0.29, 0.717) is 18.2 Å². The van der Waals surface area contributed by atoms with Gasteiger partial charge in [-0.25, -0.2) is 0 Å².